The average Bonchev–Trinajstić information content (AvgIpc) is 2.12. The van der Waals surface area contributed by atoms with Crippen molar-refractivity contribution in [1.82, 2.24) is 0 Å². The highest BCUT2D eigenvalue weighted by Crippen LogP contribution is 2.18. The second kappa shape index (κ2) is 6.57. The number of carboxylic acids is 1. The van der Waals surface area contributed by atoms with E-state index in [4.69, 9.17) is 14.9 Å². The lowest BCUT2D eigenvalue weighted by atomic mass is 10.1. The predicted octanol–water partition coefficient (Wildman–Crippen LogP) is 3.69. The molecule has 0 heterocycles. The van der Waals surface area contributed by atoms with Gasteiger partial charge in [-0.25, -0.2) is 4.79 Å². The molecule has 0 amide bonds. The Labute approximate surface area is 115 Å². The molecular weight excluding hydrogens is 244 g/mol. The standard InChI is InChI=1S/C8H18O.C7H6O3/c1-7(2,3)9-8(4,5)6;8-6-4-2-1-3-5(6)7(9)10/h1-6H3;1-4,8H,(H,9,10). The minimum Gasteiger partial charge on any atom is -0.507 e. The number of aromatic carboxylic acids is 1. The third kappa shape index (κ3) is 9.08. The zero-order chi connectivity index (χ0) is 15.3. The summed E-state index contributed by atoms with van der Waals surface area (Å²) in [6.07, 6.45) is 0. The van der Waals surface area contributed by atoms with E-state index in [2.05, 4.69) is 41.5 Å². The molecule has 1 aromatic rings. The molecule has 0 aliphatic rings. The molecule has 0 bridgehead atoms. The van der Waals surface area contributed by atoms with E-state index in [9.17, 15) is 4.79 Å². The molecule has 1 aromatic carbocycles. The number of carbonyl (C=O) groups is 1. The summed E-state index contributed by atoms with van der Waals surface area (Å²) in [6.45, 7) is 12.4. The number of benzene rings is 1. The molecule has 0 saturated heterocycles. The van der Waals surface area contributed by atoms with Gasteiger partial charge in [0.1, 0.15) is 11.3 Å². The molecule has 19 heavy (non-hydrogen) atoms. The summed E-state index contributed by atoms with van der Waals surface area (Å²) in [5, 5.41) is 17.3. The van der Waals surface area contributed by atoms with Crippen molar-refractivity contribution in [2.75, 3.05) is 0 Å². The van der Waals surface area contributed by atoms with Crippen molar-refractivity contribution >= 4 is 5.97 Å². The van der Waals surface area contributed by atoms with Gasteiger partial charge >= 0.3 is 5.97 Å². The van der Waals surface area contributed by atoms with E-state index in [0.717, 1.165) is 0 Å². The number of carboxylic acid groups (broad SMARTS) is 1. The van der Waals surface area contributed by atoms with Crippen molar-refractivity contribution in [3.63, 3.8) is 0 Å². The van der Waals surface area contributed by atoms with Gasteiger partial charge in [-0.05, 0) is 53.7 Å². The Bertz CT molecular complexity index is 399. The first-order valence-electron chi connectivity index (χ1n) is 6.14. The Hall–Kier alpha value is -1.55. The van der Waals surface area contributed by atoms with Crippen LogP contribution in [0.15, 0.2) is 24.3 Å². The monoisotopic (exact) mass is 268 g/mol. The number of hydrogen-bond donors (Lipinski definition) is 2. The van der Waals surface area contributed by atoms with Gasteiger partial charge in [-0.3, -0.25) is 0 Å². The van der Waals surface area contributed by atoms with Crippen LogP contribution in [-0.2, 0) is 4.74 Å². The van der Waals surface area contributed by atoms with Crippen molar-refractivity contribution in [1.29, 1.82) is 0 Å². The van der Waals surface area contributed by atoms with Crippen molar-refractivity contribution in [3.05, 3.63) is 29.8 Å². The van der Waals surface area contributed by atoms with Gasteiger partial charge in [0, 0.05) is 0 Å². The summed E-state index contributed by atoms with van der Waals surface area (Å²) in [4.78, 5) is 10.3. The van der Waals surface area contributed by atoms with Gasteiger partial charge in [0.2, 0.25) is 0 Å². The normalized spacial score (nSPS) is 11.5. The number of ether oxygens (including phenoxy) is 1. The molecule has 4 nitrogen and oxygen atoms in total. The van der Waals surface area contributed by atoms with Crippen LogP contribution in [0.3, 0.4) is 0 Å². The van der Waals surface area contributed by atoms with Crippen molar-refractivity contribution in [2.45, 2.75) is 52.7 Å². The quantitative estimate of drug-likeness (QED) is 0.815. The minimum atomic E-state index is -1.11. The van der Waals surface area contributed by atoms with E-state index in [1.165, 1.54) is 12.1 Å². The summed E-state index contributed by atoms with van der Waals surface area (Å²) in [5.41, 5.74) is -0.0984. The number of rotatable bonds is 1. The molecule has 4 heteroatoms. The Kier molecular flexibility index (Phi) is 6.03. The molecule has 0 aliphatic heterocycles. The molecule has 108 valence electrons. The maximum atomic E-state index is 10.3. The van der Waals surface area contributed by atoms with Gasteiger partial charge in [-0.15, -0.1) is 0 Å². The lowest BCUT2D eigenvalue weighted by Crippen LogP contribution is -2.31. The predicted molar refractivity (Wildman–Crippen MR) is 75.7 cm³/mol. The minimum absolute atomic E-state index is 0.0156. The van der Waals surface area contributed by atoms with E-state index in [-0.39, 0.29) is 22.5 Å². The largest absolute Gasteiger partial charge is 0.507 e. The first-order chi connectivity index (χ1) is 8.42. The van der Waals surface area contributed by atoms with Crippen LogP contribution in [0.1, 0.15) is 51.9 Å². The van der Waals surface area contributed by atoms with Crippen molar-refractivity contribution in [3.8, 4) is 5.75 Å². The molecule has 1 rings (SSSR count). The summed E-state index contributed by atoms with van der Waals surface area (Å²) in [5.74, 6) is -1.31. The van der Waals surface area contributed by atoms with E-state index >= 15 is 0 Å². The van der Waals surface area contributed by atoms with E-state index in [1.807, 2.05) is 0 Å². The first kappa shape index (κ1) is 17.4. The highest BCUT2D eigenvalue weighted by Gasteiger charge is 2.19. The molecule has 0 radical (unpaired) electrons. The van der Waals surface area contributed by atoms with E-state index < -0.39 is 5.97 Å². The average molecular weight is 268 g/mol. The first-order valence-corrected chi connectivity index (χ1v) is 6.14. The van der Waals surface area contributed by atoms with Gasteiger partial charge in [0.05, 0.1) is 11.2 Å². The molecule has 0 fully saturated rings. The van der Waals surface area contributed by atoms with Crippen LogP contribution < -0.4 is 0 Å². The highest BCUT2D eigenvalue weighted by molar-refractivity contribution is 5.90. The van der Waals surface area contributed by atoms with Crippen LogP contribution in [0.4, 0.5) is 0 Å². The van der Waals surface area contributed by atoms with Crippen molar-refractivity contribution < 1.29 is 19.7 Å². The molecule has 0 atom stereocenters. The Balaban J connectivity index is 0.000000344. The van der Waals surface area contributed by atoms with Crippen LogP contribution >= 0.6 is 0 Å². The summed E-state index contributed by atoms with van der Waals surface area (Å²) in [6, 6.07) is 5.81. The van der Waals surface area contributed by atoms with Crippen LogP contribution in [-0.4, -0.2) is 27.4 Å². The van der Waals surface area contributed by atoms with Crippen LogP contribution in [0.25, 0.3) is 0 Å². The fraction of sp³-hybridized carbons (Fsp3) is 0.533. The molecule has 2 N–H and O–H groups in total. The fourth-order valence-electron chi connectivity index (χ4n) is 1.57. The highest BCUT2D eigenvalue weighted by atomic mass is 16.5. The zero-order valence-corrected chi connectivity index (χ0v) is 12.5. The molecular formula is C15H24O4. The maximum absolute atomic E-state index is 10.3. The second-order valence-corrected chi connectivity index (χ2v) is 6.15. The fourth-order valence-corrected chi connectivity index (χ4v) is 1.57. The van der Waals surface area contributed by atoms with Crippen LogP contribution in [0.2, 0.25) is 0 Å². The van der Waals surface area contributed by atoms with Gasteiger partial charge in [0.15, 0.2) is 0 Å². The zero-order valence-electron chi connectivity index (χ0n) is 12.5. The van der Waals surface area contributed by atoms with Crippen molar-refractivity contribution in [2.24, 2.45) is 0 Å². The van der Waals surface area contributed by atoms with Gasteiger partial charge < -0.3 is 14.9 Å². The van der Waals surface area contributed by atoms with Gasteiger partial charge in [-0.2, -0.15) is 0 Å². The molecule has 0 saturated carbocycles. The number of aromatic hydroxyl groups is 1. The Morgan fingerprint density at radius 1 is 1.00 bits per heavy atom. The maximum Gasteiger partial charge on any atom is 0.339 e. The molecule has 0 aliphatic carbocycles. The SMILES string of the molecule is CC(C)(C)OC(C)(C)C.O=C(O)c1ccccc1O. The summed E-state index contributed by atoms with van der Waals surface area (Å²) >= 11 is 0. The molecule has 0 spiro atoms. The number of hydrogen-bond acceptors (Lipinski definition) is 3. The topological polar surface area (TPSA) is 66.8 Å². The Morgan fingerprint density at radius 3 is 1.63 bits per heavy atom. The van der Waals surface area contributed by atoms with Gasteiger partial charge in [0.25, 0.3) is 0 Å². The van der Waals surface area contributed by atoms with E-state index in [0.29, 0.717) is 0 Å². The lowest BCUT2D eigenvalue weighted by molar-refractivity contribution is -0.102. The Morgan fingerprint density at radius 2 is 1.42 bits per heavy atom. The third-order valence-electron chi connectivity index (χ3n) is 1.75. The molecule has 0 unspecified atom stereocenters. The summed E-state index contributed by atoms with van der Waals surface area (Å²) in [7, 11) is 0. The number of para-hydroxylation sites is 1. The third-order valence-corrected chi connectivity index (χ3v) is 1.75. The van der Waals surface area contributed by atoms with E-state index in [1.54, 1.807) is 12.1 Å². The van der Waals surface area contributed by atoms with Crippen LogP contribution in [0.5, 0.6) is 5.75 Å². The smallest absolute Gasteiger partial charge is 0.339 e. The second-order valence-electron chi connectivity index (χ2n) is 6.15. The van der Waals surface area contributed by atoms with Crippen LogP contribution in [0, 0.1) is 0 Å². The summed E-state index contributed by atoms with van der Waals surface area (Å²) < 4.78 is 5.62. The van der Waals surface area contributed by atoms with Gasteiger partial charge in [-0.1, -0.05) is 12.1 Å². The molecule has 0 aromatic heterocycles. The lowest BCUT2D eigenvalue weighted by Gasteiger charge is -2.30. The number of phenols is 1.